The van der Waals surface area contributed by atoms with Crippen molar-refractivity contribution >= 4 is 17.4 Å². The van der Waals surface area contributed by atoms with Crippen LogP contribution >= 0.6 is 0 Å². The minimum atomic E-state index is -3.54. The quantitative estimate of drug-likeness (QED) is 0.323. The van der Waals surface area contributed by atoms with Crippen LogP contribution in [0, 0.1) is 12.7 Å². The van der Waals surface area contributed by atoms with E-state index in [1.165, 1.54) is 19.3 Å². The minimum absolute atomic E-state index is 0.128. The summed E-state index contributed by atoms with van der Waals surface area (Å²) in [5.41, 5.74) is 1.40. The molecule has 4 aromatic rings. The first-order valence-corrected chi connectivity index (χ1v) is 12.0. The van der Waals surface area contributed by atoms with Crippen molar-refractivity contribution in [2.24, 2.45) is 0 Å². The van der Waals surface area contributed by atoms with Gasteiger partial charge in [-0.1, -0.05) is 6.42 Å². The van der Waals surface area contributed by atoms with Gasteiger partial charge in [0.25, 0.3) is 0 Å². The molecule has 0 amide bonds. The Morgan fingerprint density at radius 2 is 1.83 bits per heavy atom. The lowest BCUT2D eigenvalue weighted by Crippen LogP contribution is -2.32. The van der Waals surface area contributed by atoms with E-state index in [0.717, 1.165) is 55.3 Å². The van der Waals surface area contributed by atoms with E-state index in [0.29, 0.717) is 12.4 Å². The number of hydrogen-bond donors (Lipinski definition) is 2. The van der Waals surface area contributed by atoms with E-state index in [9.17, 15) is 4.39 Å². The van der Waals surface area contributed by atoms with Gasteiger partial charge in [-0.25, -0.2) is 9.37 Å². The van der Waals surface area contributed by atoms with Crippen molar-refractivity contribution < 1.29 is 17.9 Å². The second-order valence-corrected chi connectivity index (χ2v) is 8.99. The number of hydrogen-bond acceptors (Lipinski definition) is 6. The largest absolute Gasteiger partial charge is 0.374 e. The zero-order chi connectivity index (χ0) is 25.1. The van der Waals surface area contributed by atoms with Gasteiger partial charge in [0.15, 0.2) is 5.82 Å². The number of anilines is 2. The Hall–Kier alpha value is -3.44. The predicted molar refractivity (Wildman–Crippen MR) is 129 cm³/mol. The summed E-state index contributed by atoms with van der Waals surface area (Å²) in [7, 11) is 0. The normalized spacial score (nSPS) is 15.0. The molecule has 1 aliphatic rings. The molecular weight excluding hydrogens is 471 g/mol. The van der Waals surface area contributed by atoms with E-state index < -0.39 is 23.1 Å². The summed E-state index contributed by atoms with van der Waals surface area (Å²) in [6.45, 7) is 5.70. The third-order valence-electron chi connectivity index (χ3n) is 6.27. The Bertz CT molecular complexity index is 1310. The Labute approximate surface area is 206 Å². The van der Waals surface area contributed by atoms with Gasteiger partial charge in [-0.05, 0) is 69.3 Å². The molecule has 3 aromatic heterocycles. The van der Waals surface area contributed by atoms with Crippen molar-refractivity contribution in [3.63, 3.8) is 0 Å². The summed E-state index contributed by atoms with van der Waals surface area (Å²) in [5.74, 6) is -4.29. The minimum Gasteiger partial charge on any atom is -0.374 e. The Morgan fingerprint density at radius 3 is 2.56 bits per heavy atom. The van der Waals surface area contributed by atoms with Gasteiger partial charge in [0.2, 0.25) is 11.8 Å². The molecule has 190 valence electrons. The molecule has 0 radical (unpaired) electrons. The zero-order valence-electron chi connectivity index (χ0n) is 20.0. The van der Waals surface area contributed by atoms with Crippen LogP contribution in [-0.2, 0) is 17.3 Å². The molecule has 1 aromatic carbocycles. The number of fused-ring (bicyclic) bond motifs is 1. The molecule has 0 aliphatic carbocycles. The van der Waals surface area contributed by atoms with Crippen LogP contribution in [0.1, 0.15) is 42.0 Å². The Kier molecular flexibility index (Phi) is 6.92. The third-order valence-corrected chi connectivity index (χ3v) is 6.27. The van der Waals surface area contributed by atoms with Gasteiger partial charge in [0.1, 0.15) is 11.5 Å². The van der Waals surface area contributed by atoms with Crippen LogP contribution in [-0.4, -0.2) is 55.7 Å². The molecular formula is C25H28F3N7O. The Balaban J connectivity index is 1.43. The molecule has 1 fully saturated rings. The third kappa shape index (κ3) is 5.21. The van der Waals surface area contributed by atoms with Gasteiger partial charge in [0, 0.05) is 23.9 Å². The van der Waals surface area contributed by atoms with Crippen molar-refractivity contribution in [1.29, 1.82) is 0 Å². The molecule has 5 rings (SSSR count). The van der Waals surface area contributed by atoms with E-state index in [1.54, 1.807) is 22.6 Å². The highest BCUT2D eigenvalue weighted by Crippen LogP contribution is 2.35. The summed E-state index contributed by atoms with van der Waals surface area (Å²) >= 11 is 0. The molecule has 0 spiro atoms. The number of likely N-dealkylation sites (tertiary alicyclic amines) is 1. The predicted octanol–water partition coefficient (Wildman–Crippen LogP) is 4.79. The fraction of sp³-hybridized carbons (Fsp3) is 0.400. The SMILES string of the molecule is Cc1cc(Nc2nc(C(F)(F)c3ccc(F)cc3)nc3ccc(COCCN4CCCCC4)n23)n[nH]1. The smallest absolute Gasteiger partial charge is 0.331 e. The number of halogens is 3. The van der Waals surface area contributed by atoms with E-state index in [1.807, 2.05) is 6.92 Å². The number of nitrogens with zero attached hydrogens (tertiary/aromatic N) is 5. The van der Waals surface area contributed by atoms with Gasteiger partial charge in [-0.2, -0.15) is 18.9 Å². The first-order chi connectivity index (χ1) is 17.4. The highest BCUT2D eigenvalue weighted by molar-refractivity contribution is 5.56. The molecule has 36 heavy (non-hydrogen) atoms. The number of nitrogens with one attached hydrogen (secondary N) is 2. The van der Waals surface area contributed by atoms with E-state index in [-0.39, 0.29) is 18.2 Å². The summed E-state index contributed by atoms with van der Waals surface area (Å²) in [6.07, 6.45) is 3.71. The van der Waals surface area contributed by atoms with Crippen molar-refractivity contribution in [2.75, 3.05) is 31.6 Å². The maximum atomic E-state index is 15.4. The van der Waals surface area contributed by atoms with Crippen LogP contribution in [0.2, 0.25) is 0 Å². The van der Waals surface area contributed by atoms with Gasteiger partial charge < -0.3 is 15.0 Å². The lowest BCUT2D eigenvalue weighted by molar-refractivity contribution is 0.0329. The summed E-state index contributed by atoms with van der Waals surface area (Å²) < 4.78 is 51.6. The number of rotatable bonds is 9. The number of aromatic nitrogens is 5. The number of aryl methyl sites for hydroxylation is 1. The molecule has 0 saturated carbocycles. The number of benzene rings is 1. The molecule has 1 saturated heterocycles. The fourth-order valence-corrected chi connectivity index (χ4v) is 4.36. The van der Waals surface area contributed by atoms with E-state index >= 15 is 8.78 Å². The second-order valence-electron chi connectivity index (χ2n) is 8.99. The second kappa shape index (κ2) is 10.3. The lowest BCUT2D eigenvalue weighted by atomic mass is 10.1. The number of piperidine rings is 1. The number of alkyl halides is 2. The van der Waals surface area contributed by atoms with Crippen molar-refractivity contribution in [1.82, 2.24) is 29.5 Å². The first kappa shape index (κ1) is 24.3. The van der Waals surface area contributed by atoms with E-state index in [4.69, 9.17) is 4.74 Å². The summed E-state index contributed by atoms with van der Waals surface area (Å²) in [6, 6.07) is 9.22. The summed E-state index contributed by atoms with van der Waals surface area (Å²) in [5, 5.41) is 9.98. The zero-order valence-corrected chi connectivity index (χ0v) is 20.0. The Morgan fingerprint density at radius 1 is 1.06 bits per heavy atom. The number of aromatic amines is 1. The first-order valence-electron chi connectivity index (χ1n) is 12.0. The standard InChI is InChI=1S/C25H28F3N7O/c1-17-15-21(33-32-17)29-24-31-23(25(27,28)18-5-7-19(26)8-6-18)30-22-10-9-20(35(22)24)16-36-14-13-34-11-3-2-4-12-34/h5-10,15H,2-4,11-14,16H2,1H3,(H2,29,30,31,32,33). The highest BCUT2D eigenvalue weighted by atomic mass is 19.3. The molecule has 1 aliphatic heterocycles. The van der Waals surface area contributed by atoms with E-state index in [2.05, 4.69) is 30.4 Å². The number of H-pyrrole nitrogens is 1. The molecule has 0 atom stereocenters. The molecule has 0 bridgehead atoms. The lowest BCUT2D eigenvalue weighted by Gasteiger charge is -2.26. The molecule has 2 N–H and O–H groups in total. The van der Waals surface area contributed by atoms with Crippen LogP contribution in [0.3, 0.4) is 0 Å². The number of ether oxygens (including phenoxy) is 1. The monoisotopic (exact) mass is 499 g/mol. The van der Waals surface area contributed by atoms with Gasteiger partial charge >= 0.3 is 5.92 Å². The molecule has 0 unspecified atom stereocenters. The molecule has 8 nitrogen and oxygen atoms in total. The van der Waals surface area contributed by atoms with Gasteiger partial charge in [-0.15, -0.1) is 0 Å². The van der Waals surface area contributed by atoms with Crippen LogP contribution in [0.15, 0.2) is 42.5 Å². The van der Waals surface area contributed by atoms with Crippen LogP contribution in [0.5, 0.6) is 0 Å². The topological polar surface area (TPSA) is 83.4 Å². The molecule has 4 heterocycles. The van der Waals surface area contributed by atoms with Crippen molar-refractivity contribution in [2.45, 2.75) is 38.7 Å². The highest BCUT2D eigenvalue weighted by Gasteiger charge is 2.38. The maximum absolute atomic E-state index is 15.4. The van der Waals surface area contributed by atoms with Crippen LogP contribution in [0.25, 0.3) is 5.65 Å². The van der Waals surface area contributed by atoms with Crippen molar-refractivity contribution in [3.8, 4) is 0 Å². The average Bonchev–Trinajstić information content (AvgIpc) is 3.48. The fourth-order valence-electron chi connectivity index (χ4n) is 4.36. The van der Waals surface area contributed by atoms with Crippen LogP contribution < -0.4 is 5.32 Å². The molecule has 11 heteroatoms. The summed E-state index contributed by atoms with van der Waals surface area (Å²) in [4.78, 5) is 10.7. The van der Waals surface area contributed by atoms with Gasteiger partial charge in [-0.3, -0.25) is 9.50 Å². The van der Waals surface area contributed by atoms with Crippen LogP contribution in [0.4, 0.5) is 24.9 Å². The van der Waals surface area contributed by atoms with Crippen molar-refractivity contribution in [3.05, 3.63) is 71.1 Å². The average molecular weight is 500 g/mol. The maximum Gasteiger partial charge on any atom is 0.331 e. The van der Waals surface area contributed by atoms with Gasteiger partial charge in [0.05, 0.1) is 18.9 Å².